The molecule has 5 nitrogen and oxygen atoms in total. The number of pyridine rings is 1. The van der Waals surface area contributed by atoms with Crippen LogP contribution in [-0.2, 0) is 0 Å². The van der Waals surface area contributed by atoms with Gasteiger partial charge in [-0.15, -0.1) is 0 Å². The second-order valence-electron chi connectivity index (χ2n) is 6.02. The van der Waals surface area contributed by atoms with Crippen LogP contribution in [0.3, 0.4) is 0 Å². The van der Waals surface area contributed by atoms with E-state index in [1.165, 1.54) is 12.1 Å². The second kappa shape index (κ2) is 6.22. The van der Waals surface area contributed by atoms with Crippen LogP contribution in [-0.4, -0.2) is 51.8 Å². The van der Waals surface area contributed by atoms with Gasteiger partial charge in [-0.2, -0.15) is 0 Å². The van der Waals surface area contributed by atoms with Gasteiger partial charge in [0.1, 0.15) is 5.82 Å². The number of carbonyl (C=O) groups excluding carboxylic acids is 1. The molecule has 0 aliphatic carbocycles. The van der Waals surface area contributed by atoms with Gasteiger partial charge in [0, 0.05) is 42.8 Å². The highest BCUT2D eigenvalue weighted by molar-refractivity contribution is 6.06. The number of rotatable bonds is 2. The summed E-state index contributed by atoms with van der Waals surface area (Å²) in [5.41, 5.74) is 1.54. The molecule has 2 atom stereocenters. The molecule has 23 heavy (non-hydrogen) atoms. The van der Waals surface area contributed by atoms with Gasteiger partial charge in [0.05, 0.1) is 17.2 Å². The summed E-state index contributed by atoms with van der Waals surface area (Å²) in [6.07, 6.45) is -0.177. The van der Waals surface area contributed by atoms with Crippen LogP contribution in [0.15, 0.2) is 24.3 Å². The zero-order valence-corrected chi connectivity index (χ0v) is 12.9. The number of fused-ring (bicyclic) bond motifs is 1. The molecule has 0 bridgehead atoms. The summed E-state index contributed by atoms with van der Waals surface area (Å²) in [5.74, 6) is -0.792. The van der Waals surface area contributed by atoms with Gasteiger partial charge >= 0.3 is 0 Å². The lowest BCUT2D eigenvalue weighted by molar-refractivity contribution is 0.000947. The Bertz CT molecular complexity index is 745. The zero-order valence-electron chi connectivity index (χ0n) is 12.9. The van der Waals surface area contributed by atoms with Gasteiger partial charge in [0.2, 0.25) is 0 Å². The van der Waals surface area contributed by atoms with Crippen molar-refractivity contribution in [2.75, 3.05) is 19.7 Å². The molecule has 0 unspecified atom stereocenters. The van der Waals surface area contributed by atoms with Crippen molar-refractivity contribution in [3.05, 3.63) is 41.3 Å². The Hall–Kier alpha value is -2.05. The smallest absolute Gasteiger partial charge is 0.254 e. The molecule has 0 spiro atoms. The van der Waals surface area contributed by atoms with Crippen LogP contribution in [0.25, 0.3) is 10.9 Å². The molecular weight excluding hydrogens is 299 g/mol. The Morgan fingerprint density at radius 2 is 2.22 bits per heavy atom. The summed E-state index contributed by atoms with van der Waals surface area (Å²) in [4.78, 5) is 18.7. The van der Waals surface area contributed by atoms with Crippen LogP contribution in [0, 0.1) is 18.7 Å². The van der Waals surface area contributed by atoms with Crippen LogP contribution in [0.4, 0.5) is 4.39 Å². The molecule has 0 radical (unpaired) electrons. The van der Waals surface area contributed by atoms with Crippen molar-refractivity contribution in [3.63, 3.8) is 0 Å². The number of aliphatic hydroxyl groups is 2. The molecule has 122 valence electrons. The quantitative estimate of drug-likeness (QED) is 0.880. The number of likely N-dealkylation sites (tertiary alicyclic amines) is 1. The minimum Gasteiger partial charge on any atom is -0.396 e. The number of hydrogen-bond donors (Lipinski definition) is 2. The third-order valence-electron chi connectivity index (χ3n) is 4.37. The van der Waals surface area contributed by atoms with Crippen molar-refractivity contribution in [1.29, 1.82) is 0 Å². The van der Waals surface area contributed by atoms with Crippen LogP contribution in [0.5, 0.6) is 0 Å². The molecule has 1 aliphatic heterocycles. The van der Waals surface area contributed by atoms with Gasteiger partial charge in [-0.25, -0.2) is 4.39 Å². The van der Waals surface area contributed by atoms with E-state index in [2.05, 4.69) is 4.98 Å². The average Bonchev–Trinajstić information content (AvgIpc) is 2.52. The molecule has 0 saturated carbocycles. The summed E-state index contributed by atoms with van der Waals surface area (Å²) < 4.78 is 13.4. The number of hydrogen-bond acceptors (Lipinski definition) is 4. The van der Waals surface area contributed by atoms with Crippen LogP contribution in [0.2, 0.25) is 0 Å². The molecule has 2 heterocycles. The first-order chi connectivity index (χ1) is 11.0. The van der Waals surface area contributed by atoms with E-state index in [0.29, 0.717) is 35.1 Å². The molecule has 1 saturated heterocycles. The second-order valence-corrected chi connectivity index (χ2v) is 6.02. The number of halogens is 1. The molecule has 3 rings (SSSR count). The monoisotopic (exact) mass is 318 g/mol. The summed E-state index contributed by atoms with van der Waals surface area (Å²) in [7, 11) is 0. The summed E-state index contributed by atoms with van der Waals surface area (Å²) in [6, 6.07) is 5.86. The average molecular weight is 318 g/mol. The normalized spacial score (nSPS) is 21.7. The van der Waals surface area contributed by atoms with Crippen LogP contribution < -0.4 is 0 Å². The number of aromatic nitrogens is 1. The maximum absolute atomic E-state index is 13.4. The van der Waals surface area contributed by atoms with Crippen molar-refractivity contribution in [3.8, 4) is 0 Å². The Morgan fingerprint density at radius 1 is 1.43 bits per heavy atom. The van der Waals surface area contributed by atoms with E-state index in [1.54, 1.807) is 24.0 Å². The number of benzene rings is 1. The minimum absolute atomic E-state index is 0.0836. The SMILES string of the molecule is Cc1cc(C(=O)N2CC[C@H](CO)[C@@H](O)C2)c2ccc(F)cc2n1. The minimum atomic E-state index is -0.732. The van der Waals surface area contributed by atoms with Crippen molar-refractivity contribution in [2.45, 2.75) is 19.4 Å². The zero-order chi connectivity index (χ0) is 16.6. The van der Waals surface area contributed by atoms with Gasteiger partial charge in [-0.3, -0.25) is 9.78 Å². The highest BCUT2D eigenvalue weighted by Crippen LogP contribution is 2.24. The highest BCUT2D eigenvalue weighted by atomic mass is 19.1. The van der Waals surface area contributed by atoms with E-state index >= 15 is 0 Å². The summed E-state index contributed by atoms with van der Waals surface area (Å²) in [6.45, 7) is 2.34. The summed E-state index contributed by atoms with van der Waals surface area (Å²) >= 11 is 0. The van der Waals surface area contributed by atoms with Crippen molar-refractivity contribution < 1.29 is 19.4 Å². The number of piperidine rings is 1. The lowest BCUT2D eigenvalue weighted by Gasteiger charge is -2.35. The summed E-state index contributed by atoms with van der Waals surface area (Å²) in [5, 5.41) is 19.8. The first kappa shape index (κ1) is 15.8. The van der Waals surface area contributed by atoms with E-state index in [9.17, 15) is 19.4 Å². The number of β-amino-alcohol motifs (C(OH)–C–C–N with tert-alkyl or cyclic N) is 1. The van der Waals surface area contributed by atoms with E-state index < -0.39 is 11.9 Å². The van der Waals surface area contributed by atoms with E-state index in [1.807, 2.05) is 0 Å². The van der Waals surface area contributed by atoms with E-state index in [0.717, 1.165) is 0 Å². The molecule has 1 aliphatic rings. The molecule has 1 fully saturated rings. The highest BCUT2D eigenvalue weighted by Gasteiger charge is 2.30. The van der Waals surface area contributed by atoms with Gasteiger partial charge in [0.25, 0.3) is 5.91 Å². The molecule has 1 amide bonds. The number of amides is 1. The molecule has 2 aromatic rings. The molecule has 1 aromatic heterocycles. The Kier molecular flexibility index (Phi) is 4.28. The van der Waals surface area contributed by atoms with Gasteiger partial charge in [-0.1, -0.05) is 0 Å². The maximum atomic E-state index is 13.4. The van der Waals surface area contributed by atoms with Gasteiger partial charge < -0.3 is 15.1 Å². The van der Waals surface area contributed by atoms with Gasteiger partial charge in [0.15, 0.2) is 0 Å². The van der Waals surface area contributed by atoms with Crippen molar-refractivity contribution in [1.82, 2.24) is 9.88 Å². The Balaban J connectivity index is 1.95. The van der Waals surface area contributed by atoms with Crippen molar-refractivity contribution in [2.24, 2.45) is 5.92 Å². The fourth-order valence-electron chi connectivity index (χ4n) is 3.06. The Labute approximate surface area is 133 Å². The Morgan fingerprint density at radius 3 is 2.91 bits per heavy atom. The first-order valence-corrected chi connectivity index (χ1v) is 7.64. The fourth-order valence-corrected chi connectivity index (χ4v) is 3.06. The standard InChI is InChI=1S/C17H19FN2O3/c1-10-6-14(13-3-2-12(18)7-15(13)19-10)17(23)20-5-4-11(9-21)16(22)8-20/h2-3,6-7,11,16,21-22H,4-5,8-9H2,1H3/t11-,16+/m1/s1. The third-order valence-corrected chi connectivity index (χ3v) is 4.37. The van der Waals surface area contributed by atoms with Gasteiger partial charge in [-0.05, 0) is 31.5 Å². The van der Waals surface area contributed by atoms with Crippen LogP contribution in [0.1, 0.15) is 22.5 Å². The first-order valence-electron chi connectivity index (χ1n) is 7.64. The molecule has 6 heteroatoms. The van der Waals surface area contributed by atoms with Crippen LogP contribution >= 0.6 is 0 Å². The number of aryl methyl sites for hydroxylation is 1. The fraction of sp³-hybridized carbons (Fsp3) is 0.412. The molecule has 2 N–H and O–H groups in total. The largest absolute Gasteiger partial charge is 0.396 e. The van der Waals surface area contributed by atoms with E-state index in [-0.39, 0.29) is 25.0 Å². The van der Waals surface area contributed by atoms with Crippen molar-refractivity contribution >= 4 is 16.8 Å². The number of nitrogens with zero attached hydrogens (tertiary/aromatic N) is 2. The molecule has 1 aromatic carbocycles. The number of carbonyl (C=O) groups is 1. The molecular formula is C17H19FN2O3. The lowest BCUT2D eigenvalue weighted by Crippen LogP contribution is -2.47. The predicted molar refractivity (Wildman–Crippen MR) is 83.5 cm³/mol. The number of aliphatic hydroxyl groups excluding tert-OH is 2. The topological polar surface area (TPSA) is 73.7 Å². The van der Waals surface area contributed by atoms with E-state index in [4.69, 9.17) is 0 Å². The maximum Gasteiger partial charge on any atom is 0.254 e. The third kappa shape index (κ3) is 3.04. The lowest BCUT2D eigenvalue weighted by atomic mass is 9.94. The predicted octanol–water partition coefficient (Wildman–Crippen LogP) is 1.50.